The van der Waals surface area contributed by atoms with Crippen molar-refractivity contribution in [3.63, 3.8) is 0 Å². The van der Waals surface area contributed by atoms with E-state index in [1.54, 1.807) is 0 Å². The molecule has 2 unspecified atom stereocenters. The summed E-state index contributed by atoms with van der Waals surface area (Å²) >= 11 is 0. The van der Waals surface area contributed by atoms with E-state index in [0.29, 0.717) is 12.1 Å². The molecule has 1 saturated carbocycles. The average Bonchev–Trinajstić information content (AvgIpc) is 3.17. The van der Waals surface area contributed by atoms with Crippen LogP contribution in [0.2, 0.25) is 0 Å². The summed E-state index contributed by atoms with van der Waals surface area (Å²) in [7, 11) is 1.95. The molecular formula is C16H23N5. The van der Waals surface area contributed by atoms with Crippen LogP contribution in [0.3, 0.4) is 0 Å². The quantitative estimate of drug-likeness (QED) is 0.940. The molecule has 1 saturated heterocycles. The van der Waals surface area contributed by atoms with E-state index in [0.717, 1.165) is 35.0 Å². The zero-order chi connectivity index (χ0) is 14.6. The fourth-order valence-electron chi connectivity index (χ4n) is 3.70. The van der Waals surface area contributed by atoms with Crippen molar-refractivity contribution < 1.29 is 0 Å². The summed E-state index contributed by atoms with van der Waals surface area (Å²) < 4.78 is 1.85. The third-order valence-corrected chi connectivity index (χ3v) is 4.87. The van der Waals surface area contributed by atoms with Gasteiger partial charge >= 0.3 is 0 Å². The fraction of sp³-hybridized carbons (Fsp3) is 0.625. The lowest BCUT2D eigenvalue weighted by atomic mass is 10.2. The Hall–Kier alpha value is -1.62. The smallest absolute Gasteiger partial charge is 0.157 e. The Bertz CT molecular complexity index is 673. The van der Waals surface area contributed by atoms with E-state index in [4.69, 9.17) is 0 Å². The third-order valence-electron chi connectivity index (χ3n) is 4.87. The van der Waals surface area contributed by atoms with Crippen molar-refractivity contribution in [2.24, 2.45) is 7.05 Å². The summed E-state index contributed by atoms with van der Waals surface area (Å²) in [5, 5.41) is 9.25. The Kier molecular flexibility index (Phi) is 2.92. The molecular weight excluding hydrogens is 262 g/mol. The highest BCUT2D eigenvalue weighted by Crippen LogP contribution is 2.34. The van der Waals surface area contributed by atoms with Gasteiger partial charge in [0, 0.05) is 37.1 Å². The number of fused-ring (bicyclic) bond motifs is 1. The summed E-state index contributed by atoms with van der Waals surface area (Å²) in [6, 6.07) is 4.28. The van der Waals surface area contributed by atoms with Crippen LogP contribution in [0.4, 0.5) is 5.69 Å². The van der Waals surface area contributed by atoms with E-state index < -0.39 is 0 Å². The van der Waals surface area contributed by atoms with Crippen LogP contribution in [-0.2, 0) is 7.05 Å². The number of likely N-dealkylation sites (tertiary alicyclic amines) is 1. The number of nitrogens with one attached hydrogen (secondary N) is 1. The van der Waals surface area contributed by atoms with Crippen LogP contribution >= 0.6 is 0 Å². The van der Waals surface area contributed by atoms with Gasteiger partial charge in [0.05, 0.1) is 17.6 Å². The van der Waals surface area contributed by atoms with Gasteiger partial charge in [-0.1, -0.05) is 0 Å². The van der Waals surface area contributed by atoms with Crippen LogP contribution in [0.25, 0.3) is 11.0 Å². The number of hydrogen-bond donors (Lipinski definition) is 1. The van der Waals surface area contributed by atoms with Gasteiger partial charge in [-0.05, 0) is 39.2 Å². The summed E-state index contributed by atoms with van der Waals surface area (Å²) in [5.41, 5.74) is 3.12. The Morgan fingerprint density at radius 2 is 2.14 bits per heavy atom. The Balaban J connectivity index is 1.53. The predicted octanol–water partition coefficient (Wildman–Crippen LogP) is 2.31. The van der Waals surface area contributed by atoms with Gasteiger partial charge in [-0.3, -0.25) is 9.58 Å². The van der Waals surface area contributed by atoms with E-state index in [9.17, 15) is 0 Å². The molecule has 2 aromatic heterocycles. The van der Waals surface area contributed by atoms with Crippen LogP contribution in [0, 0.1) is 6.92 Å². The molecule has 0 bridgehead atoms. The van der Waals surface area contributed by atoms with E-state index in [2.05, 4.69) is 33.3 Å². The van der Waals surface area contributed by atoms with Crippen molar-refractivity contribution in [1.82, 2.24) is 19.7 Å². The summed E-state index contributed by atoms with van der Waals surface area (Å²) in [4.78, 5) is 7.22. The van der Waals surface area contributed by atoms with Crippen molar-refractivity contribution in [1.29, 1.82) is 0 Å². The highest BCUT2D eigenvalue weighted by Gasteiger charge is 2.38. The molecule has 0 radical (unpaired) electrons. The average molecular weight is 285 g/mol. The minimum atomic E-state index is 0.539. The first-order valence-corrected chi connectivity index (χ1v) is 7.93. The van der Waals surface area contributed by atoms with Crippen molar-refractivity contribution >= 4 is 16.7 Å². The van der Waals surface area contributed by atoms with Crippen LogP contribution in [0.1, 0.15) is 31.9 Å². The Labute approximate surface area is 125 Å². The molecule has 21 heavy (non-hydrogen) atoms. The molecule has 0 aromatic carbocycles. The second-order valence-corrected chi connectivity index (χ2v) is 6.66. The molecule has 1 aliphatic carbocycles. The standard InChI is InChI=1S/C16H23N5/c1-10-6-13(9-21(10)14-4-5-14)18-12-7-15-11(2)19-20(3)16(15)17-8-12/h7-8,10,13-14,18H,4-6,9H2,1-3H3. The van der Waals surface area contributed by atoms with Crippen molar-refractivity contribution in [3.05, 3.63) is 18.0 Å². The number of anilines is 1. The molecule has 1 aliphatic heterocycles. The third kappa shape index (κ3) is 2.29. The molecule has 0 spiro atoms. The molecule has 2 fully saturated rings. The molecule has 1 N–H and O–H groups in total. The SMILES string of the molecule is Cc1nn(C)c2ncc(NC3CC(C)N(C4CC4)C3)cc12. The largest absolute Gasteiger partial charge is 0.380 e. The lowest BCUT2D eigenvalue weighted by molar-refractivity contribution is 0.257. The van der Waals surface area contributed by atoms with Crippen LogP contribution in [-0.4, -0.2) is 44.3 Å². The number of pyridine rings is 1. The second-order valence-electron chi connectivity index (χ2n) is 6.66. The maximum atomic E-state index is 4.55. The normalized spacial score (nSPS) is 26.6. The maximum Gasteiger partial charge on any atom is 0.157 e. The molecule has 5 heteroatoms. The zero-order valence-corrected chi connectivity index (χ0v) is 13.0. The molecule has 0 amide bonds. The highest BCUT2D eigenvalue weighted by molar-refractivity contribution is 5.81. The molecule has 112 valence electrons. The number of hydrogen-bond acceptors (Lipinski definition) is 4. The molecule has 2 aromatic rings. The van der Waals surface area contributed by atoms with Gasteiger partial charge in [0.15, 0.2) is 5.65 Å². The number of aryl methyl sites for hydroxylation is 2. The van der Waals surface area contributed by atoms with Crippen LogP contribution in [0.5, 0.6) is 0 Å². The number of aromatic nitrogens is 3. The Morgan fingerprint density at radius 1 is 1.33 bits per heavy atom. The van der Waals surface area contributed by atoms with Gasteiger partial charge in [-0.25, -0.2) is 4.98 Å². The minimum Gasteiger partial charge on any atom is -0.380 e. The molecule has 4 rings (SSSR count). The van der Waals surface area contributed by atoms with Crippen molar-refractivity contribution in [2.45, 2.75) is 51.2 Å². The van der Waals surface area contributed by atoms with Gasteiger partial charge in [-0.15, -0.1) is 0 Å². The monoisotopic (exact) mass is 285 g/mol. The van der Waals surface area contributed by atoms with E-state index in [-0.39, 0.29) is 0 Å². The predicted molar refractivity (Wildman–Crippen MR) is 84.5 cm³/mol. The molecule has 2 aliphatic rings. The van der Waals surface area contributed by atoms with Crippen molar-refractivity contribution in [3.8, 4) is 0 Å². The molecule has 5 nitrogen and oxygen atoms in total. The summed E-state index contributed by atoms with van der Waals surface area (Å²) in [6.45, 7) is 5.56. The molecule has 3 heterocycles. The topological polar surface area (TPSA) is 46.0 Å². The number of rotatable bonds is 3. The lowest BCUT2D eigenvalue weighted by Crippen LogP contribution is -2.31. The van der Waals surface area contributed by atoms with Crippen LogP contribution < -0.4 is 5.32 Å². The minimum absolute atomic E-state index is 0.539. The number of nitrogens with zero attached hydrogens (tertiary/aromatic N) is 4. The first kappa shape index (κ1) is 13.1. The van der Waals surface area contributed by atoms with E-state index in [1.807, 2.05) is 24.9 Å². The van der Waals surface area contributed by atoms with Crippen molar-refractivity contribution in [2.75, 3.05) is 11.9 Å². The molecule has 2 atom stereocenters. The van der Waals surface area contributed by atoms with Gasteiger partial charge in [-0.2, -0.15) is 5.10 Å². The van der Waals surface area contributed by atoms with Gasteiger partial charge in [0.1, 0.15) is 0 Å². The summed E-state index contributed by atoms with van der Waals surface area (Å²) in [5.74, 6) is 0. The van der Waals surface area contributed by atoms with E-state index >= 15 is 0 Å². The summed E-state index contributed by atoms with van der Waals surface area (Å²) in [6.07, 6.45) is 5.94. The Morgan fingerprint density at radius 3 is 2.90 bits per heavy atom. The maximum absolute atomic E-state index is 4.55. The highest BCUT2D eigenvalue weighted by atomic mass is 15.3. The second kappa shape index (κ2) is 4.70. The van der Waals surface area contributed by atoms with Gasteiger partial charge in [0.25, 0.3) is 0 Å². The fourth-order valence-corrected chi connectivity index (χ4v) is 3.70. The first-order chi connectivity index (χ1) is 10.1. The van der Waals surface area contributed by atoms with Gasteiger partial charge < -0.3 is 5.32 Å². The first-order valence-electron chi connectivity index (χ1n) is 7.93. The lowest BCUT2D eigenvalue weighted by Gasteiger charge is -2.19. The van der Waals surface area contributed by atoms with Crippen LogP contribution in [0.15, 0.2) is 12.3 Å². The van der Waals surface area contributed by atoms with E-state index in [1.165, 1.54) is 19.3 Å². The van der Waals surface area contributed by atoms with Gasteiger partial charge in [0.2, 0.25) is 0 Å². The zero-order valence-electron chi connectivity index (χ0n) is 13.0.